The van der Waals surface area contributed by atoms with Gasteiger partial charge in [0.25, 0.3) is 0 Å². The number of allylic oxidation sites excluding steroid dienone is 1. The Hall–Kier alpha value is -1.05. The van der Waals surface area contributed by atoms with E-state index in [1.807, 2.05) is 6.20 Å². The van der Waals surface area contributed by atoms with Gasteiger partial charge in [-0.25, -0.2) is 0 Å². The SMILES string of the molecule is C=C(C)CCc1[nH]ncc1C(C)(C)C. The Balaban J connectivity index is 2.78. The molecule has 0 aliphatic carbocycles. The van der Waals surface area contributed by atoms with E-state index < -0.39 is 0 Å². The van der Waals surface area contributed by atoms with Gasteiger partial charge in [-0.1, -0.05) is 26.3 Å². The number of hydrogen-bond donors (Lipinski definition) is 1. The van der Waals surface area contributed by atoms with Crippen molar-refractivity contribution in [2.24, 2.45) is 0 Å². The van der Waals surface area contributed by atoms with Crippen molar-refractivity contribution < 1.29 is 0 Å². The third kappa shape index (κ3) is 2.72. The van der Waals surface area contributed by atoms with Crippen LogP contribution in [0.3, 0.4) is 0 Å². The van der Waals surface area contributed by atoms with E-state index in [-0.39, 0.29) is 5.41 Å². The summed E-state index contributed by atoms with van der Waals surface area (Å²) in [7, 11) is 0. The molecule has 1 aromatic heterocycles. The number of rotatable bonds is 3. The number of H-pyrrole nitrogens is 1. The third-order valence-electron chi connectivity index (χ3n) is 2.33. The summed E-state index contributed by atoms with van der Waals surface area (Å²) in [6.45, 7) is 12.6. The number of aromatic amines is 1. The summed E-state index contributed by atoms with van der Waals surface area (Å²) in [5.41, 5.74) is 3.97. The van der Waals surface area contributed by atoms with Crippen LogP contribution >= 0.6 is 0 Å². The zero-order chi connectivity index (χ0) is 10.8. The fourth-order valence-corrected chi connectivity index (χ4v) is 1.49. The summed E-state index contributed by atoms with van der Waals surface area (Å²) in [6, 6.07) is 0. The van der Waals surface area contributed by atoms with Crippen molar-refractivity contribution in [2.75, 3.05) is 0 Å². The highest BCUT2D eigenvalue weighted by Crippen LogP contribution is 2.25. The topological polar surface area (TPSA) is 28.7 Å². The Labute approximate surface area is 86.4 Å². The first kappa shape index (κ1) is 11.0. The smallest absolute Gasteiger partial charge is 0.0527 e. The minimum atomic E-state index is 0.178. The van der Waals surface area contributed by atoms with Crippen LogP contribution in [0.4, 0.5) is 0 Å². The molecule has 1 N–H and O–H groups in total. The monoisotopic (exact) mass is 192 g/mol. The normalized spacial score (nSPS) is 11.7. The van der Waals surface area contributed by atoms with Gasteiger partial charge < -0.3 is 0 Å². The van der Waals surface area contributed by atoms with E-state index in [4.69, 9.17) is 0 Å². The zero-order valence-electron chi connectivity index (χ0n) is 9.65. The maximum Gasteiger partial charge on any atom is 0.0527 e. The molecule has 1 heterocycles. The highest BCUT2D eigenvalue weighted by atomic mass is 15.1. The second kappa shape index (κ2) is 3.99. The molecule has 0 spiro atoms. The van der Waals surface area contributed by atoms with Gasteiger partial charge in [-0.2, -0.15) is 5.10 Å². The minimum Gasteiger partial charge on any atom is -0.282 e. The Bertz CT molecular complexity index is 315. The Morgan fingerprint density at radius 1 is 1.50 bits per heavy atom. The van der Waals surface area contributed by atoms with Crippen molar-refractivity contribution in [2.45, 2.75) is 46.0 Å². The largest absolute Gasteiger partial charge is 0.282 e. The van der Waals surface area contributed by atoms with E-state index in [1.165, 1.54) is 16.8 Å². The molecule has 0 radical (unpaired) electrons. The fourth-order valence-electron chi connectivity index (χ4n) is 1.49. The van der Waals surface area contributed by atoms with E-state index in [0.29, 0.717) is 0 Å². The molecule has 0 saturated carbocycles. The molecular weight excluding hydrogens is 172 g/mol. The molecule has 0 amide bonds. The number of hydrogen-bond acceptors (Lipinski definition) is 1. The van der Waals surface area contributed by atoms with E-state index in [1.54, 1.807) is 0 Å². The fraction of sp³-hybridized carbons (Fsp3) is 0.583. The lowest BCUT2D eigenvalue weighted by Gasteiger charge is -2.18. The molecule has 14 heavy (non-hydrogen) atoms. The second-order valence-electron chi connectivity index (χ2n) is 4.97. The Kier molecular flexibility index (Phi) is 3.14. The molecule has 0 bridgehead atoms. The Morgan fingerprint density at radius 2 is 2.14 bits per heavy atom. The quantitative estimate of drug-likeness (QED) is 0.732. The van der Waals surface area contributed by atoms with Crippen LogP contribution in [0.15, 0.2) is 18.3 Å². The minimum absolute atomic E-state index is 0.178. The van der Waals surface area contributed by atoms with Gasteiger partial charge in [0, 0.05) is 5.69 Å². The molecule has 0 saturated heterocycles. The van der Waals surface area contributed by atoms with Gasteiger partial charge in [0.1, 0.15) is 0 Å². The Morgan fingerprint density at radius 3 is 2.64 bits per heavy atom. The maximum absolute atomic E-state index is 4.11. The molecule has 2 heteroatoms. The number of nitrogens with zero attached hydrogens (tertiary/aromatic N) is 1. The van der Waals surface area contributed by atoms with Crippen molar-refractivity contribution in [3.63, 3.8) is 0 Å². The van der Waals surface area contributed by atoms with Gasteiger partial charge in [0.2, 0.25) is 0 Å². The molecular formula is C12H20N2. The van der Waals surface area contributed by atoms with E-state index in [9.17, 15) is 0 Å². The van der Waals surface area contributed by atoms with Crippen molar-refractivity contribution in [3.8, 4) is 0 Å². The number of aromatic nitrogens is 2. The summed E-state index contributed by atoms with van der Waals surface area (Å²) >= 11 is 0. The maximum atomic E-state index is 4.11. The summed E-state index contributed by atoms with van der Waals surface area (Å²) in [4.78, 5) is 0. The molecule has 2 nitrogen and oxygen atoms in total. The van der Waals surface area contributed by atoms with Gasteiger partial charge in [-0.3, -0.25) is 5.10 Å². The summed E-state index contributed by atoms with van der Waals surface area (Å²) in [6.07, 6.45) is 3.99. The molecule has 1 aromatic rings. The lowest BCUT2D eigenvalue weighted by Crippen LogP contribution is -2.12. The van der Waals surface area contributed by atoms with Gasteiger partial charge in [-0.05, 0) is 30.7 Å². The summed E-state index contributed by atoms with van der Waals surface area (Å²) in [5, 5.41) is 7.19. The van der Waals surface area contributed by atoms with Gasteiger partial charge in [0.15, 0.2) is 0 Å². The molecule has 0 aliphatic heterocycles. The van der Waals surface area contributed by atoms with Gasteiger partial charge in [0.05, 0.1) is 6.20 Å². The van der Waals surface area contributed by atoms with Crippen LogP contribution in [0, 0.1) is 0 Å². The summed E-state index contributed by atoms with van der Waals surface area (Å²) < 4.78 is 0. The molecule has 0 aromatic carbocycles. The first-order valence-corrected chi connectivity index (χ1v) is 5.08. The van der Waals surface area contributed by atoms with E-state index in [0.717, 1.165) is 12.8 Å². The first-order valence-electron chi connectivity index (χ1n) is 5.08. The van der Waals surface area contributed by atoms with E-state index >= 15 is 0 Å². The third-order valence-corrected chi connectivity index (χ3v) is 2.33. The molecule has 78 valence electrons. The lowest BCUT2D eigenvalue weighted by atomic mass is 9.86. The van der Waals surface area contributed by atoms with Crippen LogP contribution < -0.4 is 0 Å². The van der Waals surface area contributed by atoms with Crippen LogP contribution in [0.2, 0.25) is 0 Å². The average Bonchev–Trinajstić information content (AvgIpc) is 2.46. The first-order chi connectivity index (χ1) is 6.41. The predicted molar refractivity (Wildman–Crippen MR) is 60.4 cm³/mol. The number of nitrogens with one attached hydrogen (secondary N) is 1. The molecule has 0 aliphatic rings. The van der Waals surface area contributed by atoms with E-state index in [2.05, 4.69) is 44.5 Å². The van der Waals surface area contributed by atoms with Crippen molar-refractivity contribution >= 4 is 0 Å². The average molecular weight is 192 g/mol. The molecule has 0 atom stereocenters. The number of aryl methyl sites for hydroxylation is 1. The van der Waals surface area contributed by atoms with Gasteiger partial charge in [-0.15, -0.1) is 6.58 Å². The van der Waals surface area contributed by atoms with Gasteiger partial charge >= 0.3 is 0 Å². The van der Waals surface area contributed by atoms with Crippen molar-refractivity contribution in [1.82, 2.24) is 10.2 Å². The van der Waals surface area contributed by atoms with Crippen molar-refractivity contribution in [3.05, 3.63) is 29.6 Å². The van der Waals surface area contributed by atoms with Crippen molar-refractivity contribution in [1.29, 1.82) is 0 Å². The van der Waals surface area contributed by atoms with Crippen LogP contribution in [0.5, 0.6) is 0 Å². The molecule has 1 rings (SSSR count). The highest BCUT2D eigenvalue weighted by Gasteiger charge is 2.19. The van der Waals surface area contributed by atoms with Crippen LogP contribution in [0.25, 0.3) is 0 Å². The second-order valence-corrected chi connectivity index (χ2v) is 4.97. The molecule has 0 fully saturated rings. The predicted octanol–water partition coefficient (Wildman–Crippen LogP) is 3.22. The van der Waals surface area contributed by atoms with Crippen LogP contribution in [-0.4, -0.2) is 10.2 Å². The van der Waals surface area contributed by atoms with Crippen LogP contribution in [-0.2, 0) is 11.8 Å². The lowest BCUT2D eigenvalue weighted by molar-refractivity contribution is 0.582. The standard InChI is InChI=1S/C12H20N2/c1-9(2)6-7-11-10(8-13-14-11)12(3,4)5/h8H,1,6-7H2,2-5H3,(H,13,14). The zero-order valence-corrected chi connectivity index (χ0v) is 9.65. The summed E-state index contributed by atoms with van der Waals surface area (Å²) in [5.74, 6) is 0. The van der Waals surface area contributed by atoms with Crippen LogP contribution in [0.1, 0.15) is 45.4 Å². The highest BCUT2D eigenvalue weighted by molar-refractivity contribution is 5.25. The molecule has 0 unspecified atom stereocenters.